The molecule has 0 fully saturated rings. The number of aromatic nitrogens is 5. The van der Waals surface area contributed by atoms with E-state index in [1.807, 2.05) is 41.9 Å². The van der Waals surface area contributed by atoms with Gasteiger partial charge in [-0.05, 0) is 30.7 Å². The molecule has 0 saturated heterocycles. The summed E-state index contributed by atoms with van der Waals surface area (Å²) >= 11 is 1.62. The van der Waals surface area contributed by atoms with E-state index in [0.717, 1.165) is 39.4 Å². The maximum absolute atomic E-state index is 5.44. The predicted molar refractivity (Wildman–Crippen MR) is 102 cm³/mol. The van der Waals surface area contributed by atoms with Crippen molar-refractivity contribution >= 4 is 17.4 Å². The number of ether oxygens (including phenoxy) is 1. The van der Waals surface area contributed by atoms with E-state index in [2.05, 4.69) is 45.0 Å². The van der Waals surface area contributed by atoms with Gasteiger partial charge in [0.15, 0.2) is 11.0 Å². The highest BCUT2D eigenvalue weighted by molar-refractivity contribution is 7.98. The summed E-state index contributed by atoms with van der Waals surface area (Å²) in [5.74, 6) is 2.31. The molecule has 0 radical (unpaired) electrons. The summed E-state index contributed by atoms with van der Waals surface area (Å²) in [6.07, 6.45) is 4.14. The Hall–Kier alpha value is -2.80. The lowest BCUT2D eigenvalue weighted by Gasteiger charge is -2.07. The lowest BCUT2D eigenvalue weighted by Crippen LogP contribution is -1.97. The first-order valence-corrected chi connectivity index (χ1v) is 9.24. The third-order valence-corrected chi connectivity index (χ3v) is 5.23. The van der Waals surface area contributed by atoms with E-state index in [4.69, 9.17) is 4.74 Å². The number of hydrogen-bond donors (Lipinski definition) is 0. The quantitative estimate of drug-likeness (QED) is 0.504. The van der Waals surface area contributed by atoms with Crippen molar-refractivity contribution < 1.29 is 4.74 Å². The van der Waals surface area contributed by atoms with Crippen LogP contribution in [0.3, 0.4) is 0 Å². The van der Waals surface area contributed by atoms with E-state index in [-0.39, 0.29) is 0 Å². The molecule has 0 amide bonds. The van der Waals surface area contributed by atoms with Gasteiger partial charge in [0.2, 0.25) is 0 Å². The fraction of sp³-hybridized carbons (Fsp3) is 0.211. The van der Waals surface area contributed by atoms with E-state index in [9.17, 15) is 0 Å². The zero-order valence-corrected chi connectivity index (χ0v) is 15.7. The second kappa shape index (κ2) is 6.84. The molecule has 0 saturated carbocycles. The molecule has 0 bridgehead atoms. The van der Waals surface area contributed by atoms with Gasteiger partial charge in [-0.25, -0.2) is 4.98 Å². The molecule has 132 valence electrons. The van der Waals surface area contributed by atoms with Gasteiger partial charge >= 0.3 is 0 Å². The Labute approximate surface area is 155 Å². The van der Waals surface area contributed by atoms with Crippen molar-refractivity contribution in [3.63, 3.8) is 0 Å². The zero-order chi connectivity index (χ0) is 18.1. The van der Waals surface area contributed by atoms with E-state index in [1.54, 1.807) is 18.9 Å². The molecule has 0 spiro atoms. The van der Waals surface area contributed by atoms with Crippen LogP contribution >= 0.6 is 11.8 Å². The van der Waals surface area contributed by atoms with E-state index >= 15 is 0 Å². The number of aryl methyl sites for hydroxylation is 1. The third-order valence-electron chi connectivity index (χ3n) is 4.18. The summed E-state index contributed by atoms with van der Waals surface area (Å²) in [6.45, 7) is 2.08. The summed E-state index contributed by atoms with van der Waals surface area (Å²) < 4.78 is 9.48. The Balaban J connectivity index is 1.56. The molecular weight excluding hydrogens is 346 g/mol. The molecule has 3 aromatic heterocycles. The van der Waals surface area contributed by atoms with Crippen LogP contribution in [0.25, 0.3) is 17.0 Å². The van der Waals surface area contributed by atoms with Crippen LogP contribution in [-0.2, 0) is 12.8 Å². The minimum atomic E-state index is 0.735. The number of imidazole rings is 1. The van der Waals surface area contributed by atoms with Gasteiger partial charge in [0, 0.05) is 25.2 Å². The minimum absolute atomic E-state index is 0.735. The fourth-order valence-electron chi connectivity index (χ4n) is 2.87. The van der Waals surface area contributed by atoms with E-state index in [1.165, 1.54) is 5.56 Å². The lowest BCUT2D eigenvalue weighted by atomic mass is 10.2. The molecule has 0 N–H and O–H groups in total. The summed E-state index contributed by atoms with van der Waals surface area (Å²) in [4.78, 5) is 4.66. The number of hydrogen-bond acceptors (Lipinski definition) is 5. The SMILES string of the molecule is COc1ccccc1-c1nnc(SCc2cn3cc(C)ccc3n2)n1C. The number of rotatable bonds is 5. The van der Waals surface area contributed by atoms with Crippen LogP contribution < -0.4 is 4.74 Å². The van der Waals surface area contributed by atoms with Crippen LogP contribution in [-0.4, -0.2) is 31.3 Å². The second-order valence-electron chi connectivity index (χ2n) is 6.06. The Morgan fingerprint density at radius 3 is 2.77 bits per heavy atom. The molecule has 0 aliphatic rings. The number of pyridine rings is 1. The molecule has 0 aliphatic carbocycles. The molecule has 3 heterocycles. The first kappa shape index (κ1) is 16.7. The van der Waals surface area contributed by atoms with Gasteiger partial charge in [0.05, 0.1) is 18.4 Å². The number of benzene rings is 1. The second-order valence-corrected chi connectivity index (χ2v) is 7.00. The van der Waals surface area contributed by atoms with Gasteiger partial charge in [-0.15, -0.1) is 10.2 Å². The highest BCUT2D eigenvalue weighted by Crippen LogP contribution is 2.30. The topological polar surface area (TPSA) is 57.2 Å². The van der Waals surface area contributed by atoms with Gasteiger partial charge < -0.3 is 13.7 Å². The number of methoxy groups -OCH3 is 1. The summed E-state index contributed by atoms with van der Waals surface area (Å²) in [7, 11) is 3.63. The van der Waals surface area contributed by atoms with Crippen LogP contribution in [0.5, 0.6) is 5.75 Å². The van der Waals surface area contributed by atoms with Crippen LogP contribution in [0.15, 0.2) is 53.9 Å². The van der Waals surface area contributed by atoms with E-state index < -0.39 is 0 Å². The van der Waals surface area contributed by atoms with Gasteiger partial charge in [0.25, 0.3) is 0 Å². The summed E-state index contributed by atoms with van der Waals surface area (Å²) in [5, 5.41) is 9.53. The fourth-order valence-corrected chi connectivity index (χ4v) is 3.66. The van der Waals surface area contributed by atoms with Crippen molar-refractivity contribution in [3.05, 3.63) is 60.0 Å². The Bertz CT molecular complexity index is 1070. The maximum atomic E-state index is 5.44. The monoisotopic (exact) mass is 365 g/mol. The van der Waals surface area contributed by atoms with Gasteiger partial charge in [-0.3, -0.25) is 0 Å². The summed E-state index contributed by atoms with van der Waals surface area (Å²) in [6, 6.07) is 11.9. The molecule has 6 nitrogen and oxygen atoms in total. The van der Waals surface area contributed by atoms with Crippen molar-refractivity contribution in [2.75, 3.05) is 7.11 Å². The highest BCUT2D eigenvalue weighted by Gasteiger charge is 2.15. The highest BCUT2D eigenvalue weighted by atomic mass is 32.2. The van der Waals surface area contributed by atoms with Crippen molar-refractivity contribution in [2.24, 2.45) is 7.05 Å². The number of nitrogens with zero attached hydrogens (tertiary/aromatic N) is 5. The van der Waals surface area contributed by atoms with Crippen molar-refractivity contribution in [2.45, 2.75) is 17.8 Å². The molecule has 0 aliphatic heterocycles. The van der Waals surface area contributed by atoms with Gasteiger partial charge in [0.1, 0.15) is 11.4 Å². The van der Waals surface area contributed by atoms with Gasteiger partial charge in [-0.2, -0.15) is 0 Å². The van der Waals surface area contributed by atoms with Crippen LogP contribution in [0.1, 0.15) is 11.3 Å². The van der Waals surface area contributed by atoms with Crippen LogP contribution in [0.4, 0.5) is 0 Å². The van der Waals surface area contributed by atoms with E-state index in [0.29, 0.717) is 0 Å². The Morgan fingerprint density at radius 1 is 1.08 bits per heavy atom. The maximum Gasteiger partial charge on any atom is 0.191 e. The summed E-state index contributed by atoms with van der Waals surface area (Å²) in [5.41, 5.74) is 4.12. The number of fused-ring (bicyclic) bond motifs is 1. The predicted octanol–water partition coefficient (Wildman–Crippen LogP) is 3.74. The average molecular weight is 365 g/mol. The third kappa shape index (κ3) is 3.06. The zero-order valence-electron chi connectivity index (χ0n) is 14.9. The van der Waals surface area contributed by atoms with Crippen LogP contribution in [0, 0.1) is 6.92 Å². The number of para-hydroxylation sites is 1. The molecule has 4 rings (SSSR count). The average Bonchev–Trinajstić information content (AvgIpc) is 3.22. The molecular formula is C19H19N5OS. The minimum Gasteiger partial charge on any atom is -0.496 e. The van der Waals surface area contributed by atoms with Gasteiger partial charge in [-0.1, -0.05) is 30.0 Å². The standard InChI is InChI=1S/C19H19N5OS/c1-13-8-9-17-20-14(11-24(17)10-13)12-26-19-22-21-18(23(19)2)15-6-4-5-7-16(15)25-3/h4-11H,12H2,1-3H3. The molecule has 26 heavy (non-hydrogen) atoms. The Morgan fingerprint density at radius 2 is 1.92 bits per heavy atom. The normalized spacial score (nSPS) is 11.2. The smallest absolute Gasteiger partial charge is 0.191 e. The van der Waals surface area contributed by atoms with Crippen molar-refractivity contribution in [3.8, 4) is 17.1 Å². The first-order valence-electron chi connectivity index (χ1n) is 8.25. The molecule has 4 aromatic rings. The molecule has 1 aromatic carbocycles. The molecule has 7 heteroatoms. The van der Waals surface area contributed by atoms with Crippen molar-refractivity contribution in [1.82, 2.24) is 24.1 Å². The first-order chi connectivity index (χ1) is 12.7. The number of thioether (sulfide) groups is 1. The van der Waals surface area contributed by atoms with Crippen molar-refractivity contribution in [1.29, 1.82) is 0 Å². The largest absolute Gasteiger partial charge is 0.496 e. The lowest BCUT2D eigenvalue weighted by molar-refractivity contribution is 0.416. The Kier molecular flexibility index (Phi) is 4.38. The van der Waals surface area contributed by atoms with Crippen LogP contribution in [0.2, 0.25) is 0 Å². The molecule has 0 atom stereocenters. The molecule has 0 unspecified atom stereocenters.